The molecule has 0 aliphatic heterocycles. The fraction of sp³-hybridized carbons (Fsp3) is 0.533. The van der Waals surface area contributed by atoms with Crippen LogP contribution in [-0.4, -0.2) is 17.6 Å². The van der Waals surface area contributed by atoms with E-state index in [1.54, 1.807) is 6.07 Å². The van der Waals surface area contributed by atoms with Crippen LogP contribution in [0.4, 0.5) is 5.69 Å². The van der Waals surface area contributed by atoms with Crippen molar-refractivity contribution in [3.8, 4) is 5.75 Å². The van der Waals surface area contributed by atoms with Crippen LogP contribution < -0.4 is 11.1 Å². The Morgan fingerprint density at radius 1 is 1.42 bits per heavy atom. The lowest BCUT2D eigenvalue weighted by Crippen LogP contribution is -2.35. The zero-order chi connectivity index (χ0) is 13.8. The highest BCUT2D eigenvalue weighted by Gasteiger charge is 2.30. The number of amides is 1. The standard InChI is InChI=1S/C15H22N2O2/c1-10-5-4-8-13(14(10)18)17-15(19)12-7-3-2-6-11(12)9-16/h4-5,8,11-12,18H,2-3,6-7,9,16H2,1H3,(H,17,19). The second kappa shape index (κ2) is 6.06. The number of carbonyl (C=O) groups excluding carboxylic acids is 1. The van der Waals surface area contributed by atoms with E-state index in [0.29, 0.717) is 12.2 Å². The molecule has 2 atom stereocenters. The van der Waals surface area contributed by atoms with E-state index in [1.807, 2.05) is 19.1 Å². The number of hydrogen-bond acceptors (Lipinski definition) is 3. The second-order valence-electron chi connectivity index (χ2n) is 5.35. The zero-order valence-electron chi connectivity index (χ0n) is 11.4. The van der Waals surface area contributed by atoms with Gasteiger partial charge in [0.1, 0.15) is 5.75 Å². The topological polar surface area (TPSA) is 75.4 Å². The molecule has 19 heavy (non-hydrogen) atoms. The van der Waals surface area contributed by atoms with Crippen molar-refractivity contribution >= 4 is 11.6 Å². The molecule has 1 aromatic carbocycles. The average molecular weight is 262 g/mol. The maximum atomic E-state index is 12.3. The van der Waals surface area contributed by atoms with E-state index in [1.165, 1.54) is 0 Å². The fourth-order valence-electron chi connectivity index (χ4n) is 2.82. The summed E-state index contributed by atoms with van der Waals surface area (Å²) < 4.78 is 0. The van der Waals surface area contributed by atoms with E-state index in [-0.39, 0.29) is 23.5 Å². The molecule has 0 saturated heterocycles. The van der Waals surface area contributed by atoms with Crippen molar-refractivity contribution in [3.05, 3.63) is 23.8 Å². The summed E-state index contributed by atoms with van der Waals surface area (Å²) in [7, 11) is 0. The molecule has 104 valence electrons. The number of para-hydroxylation sites is 1. The fourth-order valence-corrected chi connectivity index (χ4v) is 2.82. The molecule has 1 aliphatic carbocycles. The van der Waals surface area contributed by atoms with E-state index in [9.17, 15) is 9.90 Å². The normalized spacial score (nSPS) is 23.1. The van der Waals surface area contributed by atoms with Crippen molar-refractivity contribution in [1.29, 1.82) is 0 Å². The van der Waals surface area contributed by atoms with Gasteiger partial charge in [0.25, 0.3) is 0 Å². The molecule has 4 N–H and O–H groups in total. The minimum Gasteiger partial charge on any atom is -0.505 e. The molecule has 0 radical (unpaired) electrons. The third-order valence-electron chi connectivity index (χ3n) is 4.04. The molecule has 0 spiro atoms. The van der Waals surface area contributed by atoms with Crippen molar-refractivity contribution in [2.24, 2.45) is 17.6 Å². The monoisotopic (exact) mass is 262 g/mol. The minimum atomic E-state index is -0.0290. The summed E-state index contributed by atoms with van der Waals surface area (Å²) in [6.07, 6.45) is 4.14. The molecule has 1 amide bonds. The van der Waals surface area contributed by atoms with Crippen LogP contribution in [0.5, 0.6) is 5.75 Å². The van der Waals surface area contributed by atoms with Gasteiger partial charge in [-0.3, -0.25) is 4.79 Å². The number of aryl methyl sites for hydroxylation is 1. The van der Waals surface area contributed by atoms with Gasteiger partial charge in [-0.1, -0.05) is 25.0 Å². The Morgan fingerprint density at radius 3 is 2.89 bits per heavy atom. The van der Waals surface area contributed by atoms with E-state index in [4.69, 9.17) is 5.73 Å². The van der Waals surface area contributed by atoms with Crippen LogP contribution in [0.1, 0.15) is 31.2 Å². The van der Waals surface area contributed by atoms with Gasteiger partial charge in [-0.05, 0) is 43.9 Å². The molecule has 1 saturated carbocycles. The molecule has 1 aliphatic rings. The Morgan fingerprint density at radius 2 is 2.16 bits per heavy atom. The Bertz CT molecular complexity index is 459. The second-order valence-corrected chi connectivity index (χ2v) is 5.35. The molecule has 2 unspecified atom stereocenters. The number of phenols is 1. The molecule has 4 nitrogen and oxygen atoms in total. The van der Waals surface area contributed by atoms with Crippen molar-refractivity contribution in [2.75, 3.05) is 11.9 Å². The Hall–Kier alpha value is -1.55. The lowest BCUT2D eigenvalue weighted by Gasteiger charge is -2.29. The predicted molar refractivity (Wildman–Crippen MR) is 76.0 cm³/mol. The number of benzene rings is 1. The predicted octanol–water partition coefficient (Wildman–Crippen LogP) is 2.40. The summed E-state index contributed by atoms with van der Waals surface area (Å²) in [5, 5.41) is 12.8. The van der Waals surface area contributed by atoms with Gasteiger partial charge in [0, 0.05) is 5.92 Å². The van der Waals surface area contributed by atoms with Crippen LogP contribution in [0.2, 0.25) is 0 Å². The van der Waals surface area contributed by atoms with Crippen LogP contribution in [0, 0.1) is 18.8 Å². The van der Waals surface area contributed by atoms with Gasteiger partial charge in [-0.2, -0.15) is 0 Å². The quantitative estimate of drug-likeness (QED) is 0.732. The summed E-state index contributed by atoms with van der Waals surface area (Å²) in [4.78, 5) is 12.3. The highest BCUT2D eigenvalue weighted by Crippen LogP contribution is 2.32. The molecule has 4 heteroatoms. The van der Waals surface area contributed by atoms with Gasteiger partial charge in [0.05, 0.1) is 5.69 Å². The third kappa shape index (κ3) is 3.07. The smallest absolute Gasteiger partial charge is 0.227 e. The number of anilines is 1. The lowest BCUT2D eigenvalue weighted by atomic mass is 9.78. The lowest BCUT2D eigenvalue weighted by molar-refractivity contribution is -0.122. The maximum absolute atomic E-state index is 12.3. The van der Waals surface area contributed by atoms with Crippen molar-refractivity contribution in [2.45, 2.75) is 32.6 Å². The molecular formula is C15H22N2O2. The summed E-state index contributed by atoms with van der Waals surface area (Å²) in [6.45, 7) is 2.37. The average Bonchev–Trinajstić information content (AvgIpc) is 2.43. The molecular weight excluding hydrogens is 240 g/mol. The maximum Gasteiger partial charge on any atom is 0.227 e. The number of rotatable bonds is 3. The first-order valence-electron chi connectivity index (χ1n) is 6.93. The SMILES string of the molecule is Cc1cccc(NC(=O)C2CCCCC2CN)c1O. The van der Waals surface area contributed by atoms with Gasteiger partial charge in [-0.15, -0.1) is 0 Å². The number of hydrogen-bond donors (Lipinski definition) is 3. The summed E-state index contributed by atoms with van der Waals surface area (Å²) in [5.74, 6) is 0.367. The minimum absolute atomic E-state index is 0.0175. The first-order valence-corrected chi connectivity index (χ1v) is 6.93. The van der Waals surface area contributed by atoms with E-state index in [2.05, 4.69) is 5.32 Å². The highest BCUT2D eigenvalue weighted by molar-refractivity contribution is 5.94. The number of phenolic OH excluding ortho intramolecular Hbond substituents is 1. The summed E-state index contributed by atoms with van der Waals surface area (Å²) >= 11 is 0. The molecule has 1 fully saturated rings. The molecule has 0 bridgehead atoms. The van der Waals surface area contributed by atoms with Crippen LogP contribution in [0.3, 0.4) is 0 Å². The van der Waals surface area contributed by atoms with Crippen LogP contribution in [-0.2, 0) is 4.79 Å². The Labute approximate surface area is 114 Å². The third-order valence-corrected chi connectivity index (χ3v) is 4.04. The number of carbonyl (C=O) groups is 1. The van der Waals surface area contributed by atoms with E-state index >= 15 is 0 Å². The molecule has 2 rings (SSSR count). The van der Waals surface area contributed by atoms with Crippen molar-refractivity contribution in [1.82, 2.24) is 0 Å². The van der Waals surface area contributed by atoms with Gasteiger partial charge in [-0.25, -0.2) is 0 Å². The van der Waals surface area contributed by atoms with Gasteiger partial charge < -0.3 is 16.2 Å². The molecule has 0 heterocycles. The number of nitrogens with two attached hydrogens (primary N) is 1. The molecule has 0 aromatic heterocycles. The van der Waals surface area contributed by atoms with Gasteiger partial charge >= 0.3 is 0 Å². The van der Waals surface area contributed by atoms with Gasteiger partial charge in [0.2, 0.25) is 5.91 Å². The Balaban J connectivity index is 2.09. The molecule has 1 aromatic rings. The van der Waals surface area contributed by atoms with Crippen LogP contribution >= 0.6 is 0 Å². The summed E-state index contributed by atoms with van der Waals surface area (Å²) in [5.41, 5.74) is 7.00. The van der Waals surface area contributed by atoms with Crippen molar-refractivity contribution < 1.29 is 9.90 Å². The van der Waals surface area contributed by atoms with E-state index < -0.39 is 0 Å². The van der Waals surface area contributed by atoms with Crippen molar-refractivity contribution in [3.63, 3.8) is 0 Å². The van der Waals surface area contributed by atoms with Crippen LogP contribution in [0.25, 0.3) is 0 Å². The van der Waals surface area contributed by atoms with Crippen LogP contribution in [0.15, 0.2) is 18.2 Å². The summed E-state index contributed by atoms with van der Waals surface area (Å²) in [6, 6.07) is 5.36. The highest BCUT2D eigenvalue weighted by atomic mass is 16.3. The first kappa shape index (κ1) is 13.9. The Kier molecular flexibility index (Phi) is 4.43. The number of aromatic hydroxyl groups is 1. The largest absolute Gasteiger partial charge is 0.505 e. The van der Waals surface area contributed by atoms with Gasteiger partial charge in [0.15, 0.2) is 0 Å². The van der Waals surface area contributed by atoms with E-state index in [0.717, 1.165) is 31.2 Å². The zero-order valence-corrected chi connectivity index (χ0v) is 11.4. The first-order chi connectivity index (χ1) is 9.13. The number of nitrogens with one attached hydrogen (secondary N) is 1.